The molecule has 0 atom stereocenters. The number of benzene rings is 2. The first kappa shape index (κ1) is 11.2. The minimum Gasteiger partial charge on any atom is -0.410 e. The van der Waals surface area contributed by atoms with Crippen molar-refractivity contribution in [2.45, 2.75) is 0 Å². The van der Waals surface area contributed by atoms with E-state index in [2.05, 4.69) is 12.2 Å². The molecule has 0 spiro atoms. The average Bonchev–Trinajstić information content (AvgIpc) is 2.33. The molecule has 3 nitrogen and oxygen atoms in total. The molecule has 0 unspecified atom stereocenters. The number of para-hydroxylation sites is 1. The van der Waals surface area contributed by atoms with Crippen molar-refractivity contribution in [3.63, 3.8) is 0 Å². The van der Waals surface area contributed by atoms with Gasteiger partial charge in [0.1, 0.15) is 5.75 Å². The number of hydrogen-bond acceptors (Lipinski definition) is 2. The summed E-state index contributed by atoms with van der Waals surface area (Å²) in [6.45, 7) is 3.76. The average molecular weight is 226 g/mol. The molecule has 0 aliphatic rings. The molecule has 1 amide bonds. The van der Waals surface area contributed by atoms with Gasteiger partial charge in [-0.25, -0.2) is 4.79 Å². The number of anilines is 1. The summed E-state index contributed by atoms with van der Waals surface area (Å²) in [6, 6.07) is 16.1. The Hall–Kier alpha value is -2.29. The van der Waals surface area contributed by atoms with E-state index in [0.29, 0.717) is 11.4 Å². The van der Waals surface area contributed by atoms with Gasteiger partial charge in [-0.2, -0.15) is 0 Å². The van der Waals surface area contributed by atoms with Gasteiger partial charge in [-0.3, -0.25) is 5.32 Å². The van der Waals surface area contributed by atoms with Crippen LogP contribution in [0.25, 0.3) is 0 Å². The zero-order chi connectivity index (χ0) is 12.1. The fraction of sp³-hybridized carbons (Fsp3) is 0. The van der Waals surface area contributed by atoms with Gasteiger partial charge in [0.25, 0.3) is 0 Å². The van der Waals surface area contributed by atoms with Gasteiger partial charge >= 0.3 is 6.09 Å². The Labute approximate surface area is 100 Å². The zero-order valence-electron chi connectivity index (χ0n) is 9.22. The molecule has 0 heterocycles. The predicted molar refractivity (Wildman–Crippen MR) is 67.0 cm³/mol. The quantitative estimate of drug-likeness (QED) is 0.851. The Morgan fingerprint density at radius 2 is 1.65 bits per heavy atom. The largest absolute Gasteiger partial charge is 0.417 e. The lowest BCUT2D eigenvalue weighted by Crippen LogP contribution is -2.16. The second kappa shape index (κ2) is 5.16. The smallest absolute Gasteiger partial charge is 0.410 e. The number of hydrogen-bond donors (Lipinski definition) is 1. The Bertz CT molecular complexity index is 491. The molecular weight excluding hydrogens is 214 g/mol. The van der Waals surface area contributed by atoms with E-state index < -0.39 is 6.09 Å². The molecular formula is C14H12NO2. The highest BCUT2D eigenvalue weighted by atomic mass is 16.6. The first-order valence-corrected chi connectivity index (χ1v) is 5.20. The van der Waals surface area contributed by atoms with E-state index in [4.69, 9.17) is 4.74 Å². The second-order valence-electron chi connectivity index (χ2n) is 3.52. The highest BCUT2D eigenvalue weighted by Gasteiger charge is 2.03. The zero-order valence-corrected chi connectivity index (χ0v) is 9.22. The first-order chi connectivity index (χ1) is 8.24. The number of ether oxygens (including phenoxy) is 1. The van der Waals surface area contributed by atoms with E-state index in [1.165, 1.54) is 0 Å². The number of nitrogens with one attached hydrogen (secondary N) is 1. The van der Waals surface area contributed by atoms with Crippen molar-refractivity contribution in [3.8, 4) is 5.75 Å². The van der Waals surface area contributed by atoms with Crippen molar-refractivity contribution < 1.29 is 9.53 Å². The number of amides is 1. The van der Waals surface area contributed by atoms with Gasteiger partial charge in [0.2, 0.25) is 0 Å². The second-order valence-corrected chi connectivity index (χ2v) is 3.52. The van der Waals surface area contributed by atoms with Crippen molar-refractivity contribution in [1.29, 1.82) is 0 Å². The lowest BCUT2D eigenvalue weighted by molar-refractivity contribution is 0.215. The third-order valence-electron chi connectivity index (χ3n) is 2.15. The van der Waals surface area contributed by atoms with E-state index in [1.807, 2.05) is 18.2 Å². The van der Waals surface area contributed by atoms with E-state index in [9.17, 15) is 4.79 Å². The maximum atomic E-state index is 11.5. The fourth-order valence-electron chi connectivity index (χ4n) is 1.33. The normalized spacial score (nSPS) is 9.71. The van der Waals surface area contributed by atoms with Gasteiger partial charge < -0.3 is 4.74 Å². The van der Waals surface area contributed by atoms with Crippen LogP contribution >= 0.6 is 0 Å². The van der Waals surface area contributed by atoms with Crippen LogP contribution in [-0.2, 0) is 0 Å². The molecule has 2 rings (SSSR count). The van der Waals surface area contributed by atoms with Crippen LogP contribution in [0.5, 0.6) is 5.75 Å². The van der Waals surface area contributed by atoms with E-state index >= 15 is 0 Å². The molecule has 3 heteroatoms. The van der Waals surface area contributed by atoms with Crippen LogP contribution in [0, 0.1) is 6.92 Å². The minimum absolute atomic E-state index is 0.506. The van der Waals surface area contributed by atoms with Crippen LogP contribution in [-0.4, -0.2) is 6.09 Å². The SMILES string of the molecule is [CH2]c1ccc(NC(=O)Oc2ccccc2)cc1. The summed E-state index contributed by atoms with van der Waals surface area (Å²) in [7, 11) is 0. The van der Waals surface area contributed by atoms with Crippen LogP contribution in [0.1, 0.15) is 5.56 Å². The molecule has 1 radical (unpaired) electrons. The van der Waals surface area contributed by atoms with Crippen molar-refractivity contribution in [2.75, 3.05) is 5.32 Å². The van der Waals surface area contributed by atoms with Crippen molar-refractivity contribution in [2.24, 2.45) is 0 Å². The molecule has 0 bridgehead atoms. The third kappa shape index (κ3) is 3.34. The fourth-order valence-corrected chi connectivity index (χ4v) is 1.33. The molecule has 85 valence electrons. The van der Waals surface area contributed by atoms with Gasteiger partial charge in [-0.05, 0) is 36.8 Å². The van der Waals surface area contributed by atoms with Gasteiger partial charge in [-0.1, -0.05) is 30.3 Å². The molecule has 0 fully saturated rings. The summed E-state index contributed by atoms with van der Waals surface area (Å²) >= 11 is 0. The standard InChI is InChI=1S/C14H12NO2/c1-11-7-9-12(10-8-11)15-14(16)17-13-5-3-2-4-6-13/h2-10H,1H2,(H,15,16). The summed E-state index contributed by atoms with van der Waals surface area (Å²) in [6.07, 6.45) is -0.506. The molecule has 0 aromatic heterocycles. The maximum Gasteiger partial charge on any atom is 0.417 e. The summed E-state index contributed by atoms with van der Waals surface area (Å²) in [4.78, 5) is 11.5. The number of carbonyl (C=O) groups is 1. The van der Waals surface area contributed by atoms with Crippen molar-refractivity contribution in [3.05, 3.63) is 67.1 Å². The van der Waals surface area contributed by atoms with Crippen molar-refractivity contribution in [1.82, 2.24) is 0 Å². The van der Waals surface area contributed by atoms with Gasteiger partial charge in [0.05, 0.1) is 0 Å². The number of carbonyl (C=O) groups excluding carboxylic acids is 1. The molecule has 0 saturated heterocycles. The molecule has 17 heavy (non-hydrogen) atoms. The maximum absolute atomic E-state index is 11.5. The summed E-state index contributed by atoms with van der Waals surface area (Å²) in [5.41, 5.74) is 1.57. The molecule has 2 aromatic carbocycles. The van der Waals surface area contributed by atoms with Crippen LogP contribution < -0.4 is 10.1 Å². The Morgan fingerprint density at radius 3 is 2.29 bits per heavy atom. The van der Waals surface area contributed by atoms with Gasteiger partial charge in [0.15, 0.2) is 0 Å². The highest BCUT2D eigenvalue weighted by Crippen LogP contribution is 2.12. The van der Waals surface area contributed by atoms with E-state index in [0.717, 1.165) is 5.56 Å². The monoisotopic (exact) mass is 226 g/mol. The lowest BCUT2D eigenvalue weighted by atomic mass is 10.2. The predicted octanol–water partition coefficient (Wildman–Crippen LogP) is 3.48. The van der Waals surface area contributed by atoms with Crippen LogP contribution in [0.4, 0.5) is 10.5 Å². The summed E-state index contributed by atoms with van der Waals surface area (Å²) in [5, 5.41) is 2.63. The van der Waals surface area contributed by atoms with Gasteiger partial charge in [-0.15, -0.1) is 0 Å². The lowest BCUT2D eigenvalue weighted by Gasteiger charge is -2.06. The summed E-state index contributed by atoms with van der Waals surface area (Å²) in [5.74, 6) is 0.513. The topological polar surface area (TPSA) is 38.3 Å². The highest BCUT2D eigenvalue weighted by molar-refractivity contribution is 5.86. The molecule has 2 aromatic rings. The Balaban J connectivity index is 1.96. The van der Waals surface area contributed by atoms with Crippen molar-refractivity contribution >= 4 is 11.8 Å². The molecule has 0 saturated carbocycles. The number of rotatable bonds is 2. The van der Waals surface area contributed by atoms with Gasteiger partial charge in [0, 0.05) is 5.69 Å². The van der Waals surface area contributed by atoms with Crippen LogP contribution in [0.2, 0.25) is 0 Å². The van der Waals surface area contributed by atoms with E-state index in [1.54, 1.807) is 36.4 Å². The first-order valence-electron chi connectivity index (χ1n) is 5.20. The molecule has 1 N–H and O–H groups in total. The summed E-state index contributed by atoms with van der Waals surface area (Å²) < 4.78 is 5.08. The van der Waals surface area contributed by atoms with Crippen LogP contribution in [0.15, 0.2) is 54.6 Å². The van der Waals surface area contributed by atoms with Crippen LogP contribution in [0.3, 0.4) is 0 Å². The minimum atomic E-state index is -0.506. The molecule has 0 aliphatic heterocycles. The Morgan fingerprint density at radius 1 is 1.00 bits per heavy atom. The van der Waals surface area contributed by atoms with E-state index in [-0.39, 0.29) is 0 Å². The molecule has 0 aliphatic carbocycles. The Kier molecular flexibility index (Phi) is 3.40. The third-order valence-corrected chi connectivity index (χ3v) is 2.15.